The average Bonchev–Trinajstić information content (AvgIpc) is 2.68. The molecule has 0 saturated carbocycles. The Hall–Kier alpha value is -3.48. The second-order valence-corrected chi connectivity index (χ2v) is 6.16. The molecule has 2 aromatic carbocycles. The number of benzene rings is 2. The fourth-order valence-electron chi connectivity index (χ4n) is 2.93. The first-order valence-electron chi connectivity index (χ1n) is 8.32. The van der Waals surface area contributed by atoms with Crippen molar-refractivity contribution in [3.63, 3.8) is 0 Å². The number of nitroso groups, excluding NO2 is 1. The lowest BCUT2D eigenvalue weighted by atomic mass is 9.98. The lowest BCUT2D eigenvalue weighted by Crippen LogP contribution is -2.26. The number of aliphatic hydroxyl groups excluding tert-OH is 1. The summed E-state index contributed by atoms with van der Waals surface area (Å²) >= 11 is 0. The highest BCUT2D eigenvalue weighted by atomic mass is 16.6. The maximum atomic E-state index is 11.0. The van der Waals surface area contributed by atoms with E-state index in [9.17, 15) is 15.1 Å². The second-order valence-electron chi connectivity index (χ2n) is 6.16. The summed E-state index contributed by atoms with van der Waals surface area (Å²) < 4.78 is 10.5. The van der Waals surface area contributed by atoms with E-state index in [1.54, 1.807) is 43.2 Å². The van der Waals surface area contributed by atoms with Gasteiger partial charge in [-0.2, -0.15) is 4.91 Å². The third-order valence-electron chi connectivity index (χ3n) is 4.38. The van der Waals surface area contributed by atoms with Crippen molar-refractivity contribution in [2.75, 3.05) is 12.0 Å². The Balaban J connectivity index is 2.15. The molecular formula is C20H20N2O5. The molecule has 1 aliphatic heterocycles. The van der Waals surface area contributed by atoms with Crippen LogP contribution in [0.4, 0.5) is 5.69 Å². The van der Waals surface area contributed by atoms with Gasteiger partial charge in [-0.25, -0.2) is 0 Å². The largest absolute Gasteiger partial charge is 0.508 e. The van der Waals surface area contributed by atoms with Crippen molar-refractivity contribution in [2.45, 2.75) is 19.9 Å². The highest BCUT2D eigenvalue weighted by Crippen LogP contribution is 2.38. The average molecular weight is 368 g/mol. The van der Waals surface area contributed by atoms with Crippen LogP contribution in [0.3, 0.4) is 0 Å². The van der Waals surface area contributed by atoms with E-state index >= 15 is 0 Å². The van der Waals surface area contributed by atoms with Crippen molar-refractivity contribution in [2.24, 2.45) is 5.18 Å². The Morgan fingerprint density at radius 2 is 1.93 bits per heavy atom. The minimum atomic E-state index is -0.678. The fraction of sp³-hybridized carbons (Fsp3) is 0.200. The van der Waals surface area contributed by atoms with Crippen LogP contribution in [0, 0.1) is 11.8 Å². The number of hydrogen-bond donors (Lipinski definition) is 2. The summed E-state index contributed by atoms with van der Waals surface area (Å²) in [5, 5.41) is 22.7. The predicted molar refractivity (Wildman–Crippen MR) is 102 cm³/mol. The summed E-state index contributed by atoms with van der Waals surface area (Å²) in [4.78, 5) is 12.7. The molecule has 7 heteroatoms. The number of aliphatic hydroxyl groups is 1. The predicted octanol–water partition coefficient (Wildman–Crippen LogP) is 4.57. The highest BCUT2D eigenvalue weighted by molar-refractivity contribution is 5.79. The van der Waals surface area contributed by atoms with Crippen molar-refractivity contribution in [3.05, 3.63) is 71.0 Å². The first-order chi connectivity index (χ1) is 12.9. The van der Waals surface area contributed by atoms with Crippen LogP contribution < -0.4 is 9.64 Å². The molecule has 0 aliphatic carbocycles. The van der Waals surface area contributed by atoms with Crippen LogP contribution in [0.5, 0.6) is 11.5 Å². The van der Waals surface area contributed by atoms with Gasteiger partial charge in [0.25, 0.3) is 5.95 Å². The van der Waals surface area contributed by atoms with Crippen LogP contribution in [-0.4, -0.2) is 23.4 Å². The van der Waals surface area contributed by atoms with E-state index in [4.69, 9.17) is 9.47 Å². The first-order valence-corrected chi connectivity index (χ1v) is 8.32. The van der Waals surface area contributed by atoms with Crippen LogP contribution in [0.2, 0.25) is 0 Å². The van der Waals surface area contributed by atoms with Gasteiger partial charge in [-0.3, -0.25) is 0 Å². The molecule has 0 aromatic heterocycles. The van der Waals surface area contributed by atoms with Gasteiger partial charge in [-0.05, 0) is 55.3 Å². The summed E-state index contributed by atoms with van der Waals surface area (Å²) in [5.41, 5.74) is 3.68. The monoisotopic (exact) mass is 368 g/mol. The molecule has 1 unspecified atom stereocenters. The molecule has 2 N–H and O–H groups in total. The van der Waals surface area contributed by atoms with Crippen molar-refractivity contribution >= 4 is 5.69 Å². The van der Waals surface area contributed by atoms with E-state index < -0.39 is 6.04 Å². The normalized spacial score (nSPS) is 14.7. The number of aromatic hydroxyl groups is 1. The number of anilines is 1. The molecule has 0 fully saturated rings. The van der Waals surface area contributed by atoms with E-state index in [0.29, 0.717) is 17.1 Å². The van der Waals surface area contributed by atoms with Crippen LogP contribution in [0.15, 0.2) is 65.7 Å². The molecule has 0 amide bonds. The zero-order chi connectivity index (χ0) is 19.6. The van der Waals surface area contributed by atoms with Gasteiger partial charge >= 0.3 is 0 Å². The summed E-state index contributed by atoms with van der Waals surface area (Å²) in [6, 6.07) is 9.85. The maximum Gasteiger partial charge on any atom is 0.299 e. The molecule has 0 radical (unpaired) electrons. The minimum absolute atomic E-state index is 0.145. The summed E-state index contributed by atoms with van der Waals surface area (Å²) in [6.07, 6.45) is 2.67. The molecule has 140 valence electrons. The maximum absolute atomic E-state index is 11.0. The number of ether oxygens (including phenoxy) is 2. The van der Waals surface area contributed by atoms with Gasteiger partial charge in [0.2, 0.25) is 0 Å². The topological polar surface area (TPSA) is 91.6 Å². The zero-order valence-electron chi connectivity index (χ0n) is 15.2. The van der Waals surface area contributed by atoms with Gasteiger partial charge in [0.1, 0.15) is 23.8 Å². The van der Waals surface area contributed by atoms with Crippen molar-refractivity contribution in [1.29, 1.82) is 0 Å². The van der Waals surface area contributed by atoms with Gasteiger partial charge in [-0.1, -0.05) is 11.2 Å². The summed E-state index contributed by atoms with van der Waals surface area (Å²) in [6.45, 7) is 3.57. The summed E-state index contributed by atoms with van der Waals surface area (Å²) in [5.74, 6) is 0.468. The van der Waals surface area contributed by atoms with Gasteiger partial charge < -0.3 is 24.6 Å². The molecule has 3 rings (SSSR count). The standard InChI is InChI=1S/C20H20N2O5/c1-12-4-6-15(23)9-16(12)17-8-14(5-7-19(17)26-3)22-10-20(24)27-11-18(22)13(2)21-25/h4-11,13,23-24H,1-3H3. The smallest absolute Gasteiger partial charge is 0.299 e. The first kappa shape index (κ1) is 18.3. The van der Waals surface area contributed by atoms with Gasteiger partial charge in [0.05, 0.1) is 19.0 Å². The van der Waals surface area contributed by atoms with Gasteiger partial charge in [0, 0.05) is 11.3 Å². The van der Waals surface area contributed by atoms with Crippen LogP contribution in [0.1, 0.15) is 12.5 Å². The van der Waals surface area contributed by atoms with Crippen molar-refractivity contribution < 1.29 is 19.7 Å². The fourth-order valence-corrected chi connectivity index (χ4v) is 2.93. The molecule has 0 bridgehead atoms. The van der Waals surface area contributed by atoms with E-state index in [2.05, 4.69) is 5.18 Å². The lowest BCUT2D eigenvalue weighted by molar-refractivity contribution is 0.159. The zero-order valence-corrected chi connectivity index (χ0v) is 15.2. The molecule has 1 aliphatic rings. The van der Waals surface area contributed by atoms with Gasteiger partial charge in [-0.15, -0.1) is 0 Å². The number of hydrogen-bond acceptors (Lipinski definition) is 7. The molecule has 27 heavy (non-hydrogen) atoms. The number of aryl methyl sites for hydroxylation is 1. The Morgan fingerprint density at radius 1 is 1.15 bits per heavy atom. The highest BCUT2D eigenvalue weighted by Gasteiger charge is 2.24. The van der Waals surface area contributed by atoms with Crippen LogP contribution in [0.25, 0.3) is 11.1 Å². The molecule has 1 atom stereocenters. The van der Waals surface area contributed by atoms with Crippen LogP contribution in [-0.2, 0) is 4.74 Å². The molecule has 2 aromatic rings. The lowest BCUT2D eigenvalue weighted by Gasteiger charge is -2.28. The molecule has 1 heterocycles. The van der Waals surface area contributed by atoms with Crippen LogP contribution >= 0.6 is 0 Å². The number of phenols is 1. The SMILES string of the molecule is COc1ccc(N2C=C(O)OC=C2C(C)N=O)cc1-c1cc(O)ccc1C. The summed E-state index contributed by atoms with van der Waals surface area (Å²) in [7, 11) is 1.57. The van der Waals surface area contributed by atoms with E-state index in [-0.39, 0.29) is 11.7 Å². The minimum Gasteiger partial charge on any atom is -0.508 e. The molecular weight excluding hydrogens is 348 g/mol. The number of nitrogens with zero attached hydrogens (tertiary/aromatic N) is 2. The third kappa shape index (κ3) is 3.57. The molecule has 7 nitrogen and oxygen atoms in total. The Morgan fingerprint density at radius 3 is 2.63 bits per heavy atom. The van der Waals surface area contributed by atoms with E-state index in [1.165, 1.54) is 12.5 Å². The van der Waals surface area contributed by atoms with E-state index in [0.717, 1.165) is 16.7 Å². The Bertz CT molecular complexity index is 936. The number of phenolic OH excluding ortho intramolecular Hbond substituents is 1. The second kappa shape index (κ2) is 7.41. The third-order valence-corrected chi connectivity index (χ3v) is 4.38. The van der Waals surface area contributed by atoms with Crippen molar-refractivity contribution in [3.8, 4) is 22.6 Å². The van der Waals surface area contributed by atoms with Crippen molar-refractivity contribution in [1.82, 2.24) is 0 Å². The Labute approximate surface area is 156 Å². The number of rotatable bonds is 5. The molecule has 0 spiro atoms. The Kier molecular flexibility index (Phi) is 5.03. The van der Waals surface area contributed by atoms with E-state index in [1.807, 2.05) is 19.1 Å². The van der Waals surface area contributed by atoms with Gasteiger partial charge in [0.15, 0.2) is 0 Å². The quantitative estimate of drug-likeness (QED) is 0.752. The number of methoxy groups -OCH3 is 1. The molecule has 0 saturated heterocycles.